The number of nitrogens with one attached hydrogen (secondary N) is 2. The maximum absolute atomic E-state index is 13.2. The van der Waals surface area contributed by atoms with Crippen molar-refractivity contribution in [1.82, 2.24) is 20.4 Å². The van der Waals surface area contributed by atoms with Gasteiger partial charge >= 0.3 is 6.03 Å². The first-order valence-electron chi connectivity index (χ1n) is 13.4. The first-order chi connectivity index (χ1) is 17.9. The van der Waals surface area contributed by atoms with Crippen LogP contribution in [0.5, 0.6) is 11.5 Å². The zero-order valence-corrected chi connectivity index (χ0v) is 22.6. The monoisotopic (exact) mass is 530 g/mol. The number of amides is 4. The topological polar surface area (TPSA) is 100 Å². The Labute approximate surface area is 223 Å². The fraction of sp³-hybridized carbons (Fsp3) is 0.667. The van der Waals surface area contributed by atoms with Crippen molar-refractivity contribution in [3.05, 3.63) is 23.8 Å². The van der Waals surface area contributed by atoms with Gasteiger partial charge < -0.3 is 29.9 Å². The van der Waals surface area contributed by atoms with Crippen LogP contribution in [-0.4, -0.2) is 91.1 Å². The molecule has 0 bridgehead atoms. The summed E-state index contributed by atoms with van der Waals surface area (Å²) in [6.07, 6.45) is 6.36. The molecular formula is C27H38N4O5S. The van der Waals surface area contributed by atoms with Crippen LogP contribution in [0.2, 0.25) is 0 Å². The lowest BCUT2D eigenvalue weighted by molar-refractivity contribution is -0.130. The van der Waals surface area contributed by atoms with Gasteiger partial charge in [0.25, 0.3) is 5.91 Å². The number of hydrogen-bond donors (Lipinski definition) is 2. The molecule has 0 aromatic heterocycles. The second-order valence-electron chi connectivity index (χ2n) is 10.8. The van der Waals surface area contributed by atoms with E-state index in [1.165, 1.54) is 0 Å². The number of ether oxygens (including phenoxy) is 2. The minimum atomic E-state index is -0.0475. The Hall–Kier alpha value is -2.62. The van der Waals surface area contributed by atoms with Gasteiger partial charge in [-0.05, 0) is 55.7 Å². The van der Waals surface area contributed by atoms with E-state index in [0.29, 0.717) is 41.8 Å². The number of methoxy groups -OCH3 is 2. The van der Waals surface area contributed by atoms with Gasteiger partial charge in [0.1, 0.15) is 11.5 Å². The Kier molecular flexibility index (Phi) is 7.74. The standard InChI is InChI=1S/C27H38N4O5S/c1-35-18-7-8-21(36-2)19(15-18)25(33)30-12-9-27(10-13-30)11-14-31(17-27)23(32)6-4-3-5-22-24-20(16-37-22)28-26(34)29-24/h7-8,15,20,22,24H,3-6,9-14,16-17H2,1-2H3,(H2,28,29,34). The average Bonchev–Trinajstić information content (AvgIpc) is 3.61. The maximum Gasteiger partial charge on any atom is 0.315 e. The molecule has 2 N–H and O–H groups in total. The highest BCUT2D eigenvalue weighted by Crippen LogP contribution is 2.41. The number of benzene rings is 1. The third-order valence-electron chi connectivity index (χ3n) is 8.61. The van der Waals surface area contributed by atoms with Crippen LogP contribution >= 0.6 is 11.8 Å². The lowest BCUT2D eigenvalue weighted by Gasteiger charge is -2.39. The Balaban J connectivity index is 1.06. The summed E-state index contributed by atoms with van der Waals surface area (Å²) in [5.41, 5.74) is 0.646. The van der Waals surface area contributed by atoms with Crippen LogP contribution in [0, 0.1) is 5.41 Å². The summed E-state index contributed by atoms with van der Waals surface area (Å²) < 4.78 is 10.7. The number of urea groups is 1. The van der Waals surface area contributed by atoms with Gasteiger partial charge in [-0.3, -0.25) is 9.59 Å². The van der Waals surface area contributed by atoms with E-state index in [1.54, 1.807) is 32.4 Å². The van der Waals surface area contributed by atoms with Gasteiger partial charge in [-0.25, -0.2) is 4.79 Å². The van der Waals surface area contributed by atoms with Crippen molar-refractivity contribution >= 4 is 29.6 Å². The summed E-state index contributed by atoms with van der Waals surface area (Å²) in [5, 5.41) is 6.47. The number of fused-ring (bicyclic) bond motifs is 1. The largest absolute Gasteiger partial charge is 0.497 e. The lowest BCUT2D eigenvalue weighted by atomic mass is 9.77. The van der Waals surface area contributed by atoms with Crippen molar-refractivity contribution < 1.29 is 23.9 Å². The Morgan fingerprint density at radius 1 is 1.05 bits per heavy atom. The fourth-order valence-electron chi connectivity index (χ4n) is 6.31. The van der Waals surface area contributed by atoms with E-state index in [9.17, 15) is 14.4 Å². The van der Waals surface area contributed by atoms with Gasteiger partial charge in [0.05, 0.1) is 31.9 Å². The smallest absolute Gasteiger partial charge is 0.315 e. The van der Waals surface area contributed by atoms with Crippen molar-refractivity contribution in [2.45, 2.75) is 62.3 Å². The van der Waals surface area contributed by atoms with E-state index in [0.717, 1.165) is 57.4 Å². The first kappa shape index (κ1) is 26.0. The van der Waals surface area contributed by atoms with Crippen molar-refractivity contribution in [2.24, 2.45) is 5.41 Å². The Bertz CT molecular complexity index is 1030. The molecule has 37 heavy (non-hydrogen) atoms. The zero-order chi connectivity index (χ0) is 26.0. The quantitative estimate of drug-likeness (QED) is 0.396. The number of hydrogen-bond acceptors (Lipinski definition) is 6. The number of piperidine rings is 1. The molecule has 4 fully saturated rings. The summed E-state index contributed by atoms with van der Waals surface area (Å²) >= 11 is 1.93. The SMILES string of the molecule is COc1ccc(OC)c(C(=O)N2CCC3(CCN(C(=O)CCCCC4SCC5NC(=O)NC54)C3)CC2)c1. The average molecular weight is 531 g/mol. The molecule has 4 saturated heterocycles. The van der Waals surface area contributed by atoms with Crippen LogP contribution in [0.15, 0.2) is 18.2 Å². The Morgan fingerprint density at radius 2 is 1.81 bits per heavy atom. The summed E-state index contributed by atoms with van der Waals surface area (Å²) in [6.45, 7) is 2.99. The van der Waals surface area contributed by atoms with Crippen molar-refractivity contribution in [2.75, 3.05) is 46.2 Å². The number of rotatable bonds is 8. The minimum Gasteiger partial charge on any atom is -0.497 e. The van der Waals surface area contributed by atoms with Gasteiger partial charge in [0, 0.05) is 43.6 Å². The maximum atomic E-state index is 13.2. The molecule has 4 amide bonds. The first-order valence-corrected chi connectivity index (χ1v) is 14.4. The van der Waals surface area contributed by atoms with E-state index in [1.807, 2.05) is 21.6 Å². The summed E-state index contributed by atoms with van der Waals surface area (Å²) in [7, 11) is 3.16. The van der Waals surface area contributed by atoms with Crippen LogP contribution in [0.3, 0.4) is 0 Å². The van der Waals surface area contributed by atoms with Crippen LogP contribution < -0.4 is 20.1 Å². The van der Waals surface area contributed by atoms with Gasteiger partial charge in [-0.1, -0.05) is 6.42 Å². The molecule has 4 heterocycles. The highest BCUT2D eigenvalue weighted by atomic mass is 32.2. The number of nitrogens with zero attached hydrogens (tertiary/aromatic N) is 2. The second-order valence-corrected chi connectivity index (χ2v) is 12.1. The Morgan fingerprint density at radius 3 is 2.54 bits per heavy atom. The van der Waals surface area contributed by atoms with Crippen LogP contribution in [0.4, 0.5) is 4.79 Å². The highest BCUT2D eigenvalue weighted by molar-refractivity contribution is 8.00. The molecule has 202 valence electrons. The molecule has 1 aromatic carbocycles. The number of unbranched alkanes of at least 4 members (excludes halogenated alkanes) is 1. The molecule has 3 atom stereocenters. The van der Waals surface area contributed by atoms with Crippen molar-refractivity contribution in [3.63, 3.8) is 0 Å². The molecule has 9 nitrogen and oxygen atoms in total. The molecule has 1 aromatic rings. The molecular weight excluding hydrogens is 492 g/mol. The van der Waals surface area contributed by atoms with E-state index >= 15 is 0 Å². The predicted octanol–water partition coefficient (Wildman–Crippen LogP) is 2.88. The van der Waals surface area contributed by atoms with Gasteiger partial charge in [-0.2, -0.15) is 11.8 Å². The van der Waals surface area contributed by atoms with Crippen molar-refractivity contribution in [1.29, 1.82) is 0 Å². The molecule has 1 spiro atoms. The van der Waals surface area contributed by atoms with E-state index in [4.69, 9.17) is 9.47 Å². The molecule has 4 aliphatic heterocycles. The fourth-order valence-corrected chi connectivity index (χ4v) is 7.86. The van der Waals surface area contributed by atoms with Crippen LogP contribution in [-0.2, 0) is 4.79 Å². The van der Waals surface area contributed by atoms with E-state index in [2.05, 4.69) is 10.6 Å². The molecule has 0 radical (unpaired) electrons. The number of likely N-dealkylation sites (tertiary alicyclic amines) is 2. The zero-order valence-electron chi connectivity index (χ0n) is 21.8. The number of carbonyl (C=O) groups excluding carboxylic acids is 3. The summed E-state index contributed by atoms with van der Waals surface area (Å²) in [5.74, 6) is 2.38. The van der Waals surface area contributed by atoms with Gasteiger partial charge in [0.2, 0.25) is 5.91 Å². The number of carbonyl (C=O) groups is 3. The third kappa shape index (κ3) is 5.49. The second kappa shape index (κ2) is 11.0. The normalized spacial score (nSPS) is 26.1. The predicted molar refractivity (Wildman–Crippen MR) is 142 cm³/mol. The molecule has 10 heteroatoms. The van der Waals surface area contributed by atoms with Gasteiger partial charge in [-0.15, -0.1) is 0 Å². The summed E-state index contributed by atoms with van der Waals surface area (Å²) in [4.78, 5) is 41.7. The molecule has 4 aliphatic rings. The third-order valence-corrected chi connectivity index (χ3v) is 10.1. The van der Waals surface area contributed by atoms with E-state index in [-0.39, 0.29) is 35.3 Å². The van der Waals surface area contributed by atoms with E-state index < -0.39 is 0 Å². The molecule has 0 saturated carbocycles. The molecule has 5 rings (SSSR count). The van der Waals surface area contributed by atoms with Crippen LogP contribution in [0.25, 0.3) is 0 Å². The lowest BCUT2D eigenvalue weighted by Crippen LogP contribution is -2.44. The van der Waals surface area contributed by atoms with Gasteiger partial charge in [0.15, 0.2) is 0 Å². The van der Waals surface area contributed by atoms with Crippen LogP contribution in [0.1, 0.15) is 55.3 Å². The number of thioether (sulfide) groups is 1. The highest BCUT2D eigenvalue weighted by Gasteiger charge is 2.44. The minimum absolute atomic E-state index is 0.0313. The van der Waals surface area contributed by atoms with Crippen molar-refractivity contribution in [3.8, 4) is 11.5 Å². The molecule has 3 unspecified atom stereocenters. The summed E-state index contributed by atoms with van der Waals surface area (Å²) in [6, 6.07) is 5.74. The molecule has 0 aliphatic carbocycles.